The Balaban J connectivity index is 1.70. The molecule has 1 aliphatic heterocycles. The topological polar surface area (TPSA) is 71.6 Å². The van der Waals surface area contributed by atoms with E-state index in [0.717, 1.165) is 30.7 Å². The molecule has 0 spiro atoms. The molecule has 2 heterocycles. The van der Waals surface area contributed by atoms with Crippen molar-refractivity contribution in [3.8, 4) is 17.2 Å². The highest BCUT2D eigenvalue weighted by atomic mass is 16.5. The molecule has 0 bridgehead atoms. The number of nitrogens with zero attached hydrogens (tertiary/aromatic N) is 3. The SMILES string of the molecule is COc1ccc(-c2nnc(CN3CCC[C@@H]3CO)o2)cc1. The zero-order valence-electron chi connectivity index (χ0n) is 12.0. The van der Waals surface area contributed by atoms with E-state index in [0.29, 0.717) is 18.3 Å². The summed E-state index contributed by atoms with van der Waals surface area (Å²) in [6.45, 7) is 1.74. The summed E-state index contributed by atoms with van der Waals surface area (Å²) >= 11 is 0. The Kier molecular flexibility index (Phi) is 4.17. The lowest BCUT2D eigenvalue weighted by Gasteiger charge is -2.20. The minimum Gasteiger partial charge on any atom is -0.497 e. The minimum absolute atomic E-state index is 0.180. The molecule has 0 aliphatic carbocycles. The third-order valence-corrected chi connectivity index (χ3v) is 3.85. The second-order valence-corrected chi connectivity index (χ2v) is 5.18. The van der Waals surface area contributed by atoms with E-state index in [-0.39, 0.29) is 12.6 Å². The van der Waals surface area contributed by atoms with Crippen LogP contribution in [0, 0.1) is 0 Å². The Morgan fingerprint density at radius 3 is 2.86 bits per heavy atom. The summed E-state index contributed by atoms with van der Waals surface area (Å²) in [6.07, 6.45) is 2.13. The normalized spacial score (nSPS) is 19.0. The van der Waals surface area contributed by atoms with Gasteiger partial charge in [-0.15, -0.1) is 10.2 Å². The molecule has 1 atom stereocenters. The summed E-state index contributed by atoms with van der Waals surface area (Å²) in [6, 6.07) is 7.72. The van der Waals surface area contributed by atoms with Crippen LogP contribution in [-0.2, 0) is 6.54 Å². The lowest BCUT2D eigenvalue weighted by atomic mass is 10.2. The van der Waals surface area contributed by atoms with Crippen LogP contribution < -0.4 is 4.74 Å². The van der Waals surface area contributed by atoms with Crippen LogP contribution >= 0.6 is 0 Å². The van der Waals surface area contributed by atoms with E-state index >= 15 is 0 Å². The molecule has 1 saturated heterocycles. The first-order valence-corrected chi connectivity index (χ1v) is 7.12. The van der Waals surface area contributed by atoms with Crippen molar-refractivity contribution in [2.75, 3.05) is 20.3 Å². The molecule has 6 heteroatoms. The molecule has 0 saturated carbocycles. The Labute approximate surface area is 123 Å². The molecule has 0 amide bonds. The average Bonchev–Trinajstić information content (AvgIpc) is 3.17. The number of aromatic nitrogens is 2. The van der Waals surface area contributed by atoms with E-state index in [1.165, 1.54) is 0 Å². The predicted octanol–water partition coefficient (Wildman–Crippen LogP) is 1.70. The number of ether oxygens (including phenoxy) is 1. The number of aliphatic hydroxyl groups excluding tert-OH is 1. The van der Waals surface area contributed by atoms with Crippen LogP contribution in [0.4, 0.5) is 0 Å². The van der Waals surface area contributed by atoms with Crippen molar-refractivity contribution in [1.82, 2.24) is 15.1 Å². The average molecular weight is 289 g/mol. The van der Waals surface area contributed by atoms with E-state index in [2.05, 4.69) is 15.1 Å². The van der Waals surface area contributed by atoms with Gasteiger partial charge in [-0.05, 0) is 43.7 Å². The standard InChI is InChI=1S/C15H19N3O3/c1-20-13-6-4-11(5-7-13)15-17-16-14(21-15)9-18-8-2-3-12(18)10-19/h4-7,12,19H,2-3,8-10H2,1H3/t12-/m1/s1. The molecule has 3 rings (SSSR count). The third-order valence-electron chi connectivity index (χ3n) is 3.85. The van der Waals surface area contributed by atoms with Gasteiger partial charge in [0.25, 0.3) is 0 Å². The number of hydrogen-bond donors (Lipinski definition) is 1. The van der Waals surface area contributed by atoms with Crippen molar-refractivity contribution in [3.63, 3.8) is 0 Å². The van der Waals surface area contributed by atoms with Gasteiger partial charge in [-0.1, -0.05) is 0 Å². The van der Waals surface area contributed by atoms with Gasteiger partial charge in [0.05, 0.1) is 20.3 Å². The molecule has 21 heavy (non-hydrogen) atoms. The molecule has 2 aromatic rings. The van der Waals surface area contributed by atoms with E-state index < -0.39 is 0 Å². The van der Waals surface area contributed by atoms with Gasteiger partial charge in [0, 0.05) is 11.6 Å². The number of methoxy groups -OCH3 is 1. The highest BCUT2D eigenvalue weighted by molar-refractivity contribution is 5.53. The highest BCUT2D eigenvalue weighted by Gasteiger charge is 2.25. The summed E-state index contributed by atoms with van der Waals surface area (Å²) in [5, 5.41) is 17.5. The third kappa shape index (κ3) is 3.06. The minimum atomic E-state index is 0.180. The molecule has 6 nitrogen and oxygen atoms in total. The lowest BCUT2D eigenvalue weighted by molar-refractivity contribution is 0.144. The second kappa shape index (κ2) is 6.24. The van der Waals surface area contributed by atoms with Gasteiger partial charge in [0.15, 0.2) is 0 Å². The van der Waals surface area contributed by atoms with Crippen molar-refractivity contribution < 1.29 is 14.3 Å². The van der Waals surface area contributed by atoms with Crippen LogP contribution in [0.1, 0.15) is 18.7 Å². The lowest BCUT2D eigenvalue weighted by Crippen LogP contribution is -2.31. The largest absolute Gasteiger partial charge is 0.497 e. The van der Waals surface area contributed by atoms with Gasteiger partial charge in [0.1, 0.15) is 5.75 Å². The summed E-state index contributed by atoms with van der Waals surface area (Å²) in [4.78, 5) is 2.19. The van der Waals surface area contributed by atoms with Crippen LogP contribution in [-0.4, -0.2) is 46.5 Å². The molecule has 1 fully saturated rings. The van der Waals surface area contributed by atoms with Crippen LogP contribution in [0.5, 0.6) is 5.75 Å². The molecule has 1 N–H and O–H groups in total. The van der Waals surface area contributed by atoms with Crippen LogP contribution in [0.2, 0.25) is 0 Å². The monoisotopic (exact) mass is 289 g/mol. The van der Waals surface area contributed by atoms with Gasteiger partial charge in [-0.2, -0.15) is 0 Å². The van der Waals surface area contributed by atoms with Gasteiger partial charge < -0.3 is 14.3 Å². The zero-order valence-corrected chi connectivity index (χ0v) is 12.0. The van der Waals surface area contributed by atoms with Crippen LogP contribution in [0.3, 0.4) is 0 Å². The van der Waals surface area contributed by atoms with Gasteiger partial charge in [-0.3, -0.25) is 4.90 Å². The number of rotatable bonds is 5. The van der Waals surface area contributed by atoms with Crippen molar-refractivity contribution in [2.45, 2.75) is 25.4 Å². The maximum absolute atomic E-state index is 9.33. The number of likely N-dealkylation sites (tertiary alicyclic amines) is 1. The molecule has 0 radical (unpaired) electrons. The van der Waals surface area contributed by atoms with E-state index in [1.807, 2.05) is 24.3 Å². The molecule has 1 aromatic carbocycles. The Morgan fingerprint density at radius 1 is 1.33 bits per heavy atom. The predicted molar refractivity (Wildman–Crippen MR) is 76.8 cm³/mol. The Bertz CT molecular complexity index is 582. The van der Waals surface area contributed by atoms with Crippen molar-refractivity contribution in [1.29, 1.82) is 0 Å². The Hall–Kier alpha value is -1.92. The maximum Gasteiger partial charge on any atom is 0.247 e. The van der Waals surface area contributed by atoms with E-state index in [1.54, 1.807) is 7.11 Å². The second-order valence-electron chi connectivity index (χ2n) is 5.18. The Morgan fingerprint density at radius 2 is 2.14 bits per heavy atom. The summed E-state index contributed by atoms with van der Waals surface area (Å²) in [7, 11) is 1.63. The van der Waals surface area contributed by atoms with Gasteiger partial charge in [0.2, 0.25) is 11.8 Å². The highest BCUT2D eigenvalue weighted by Crippen LogP contribution is 2.23. The number of aliphatic hydroxyl groups is 1. The molecule has 112 valence electrons. The molecule has 1 aliphatic rings. The first kappa shape index (κ1) is 14.0. The molecular formula is C15H19N3O3. The van der Waals surface area contributed by atoms with Gasteiger partial charge >= 0.3 is 0 Å². The van der Waals surface area contributed by atoms with Crippen molar-refractivity contribution in [3.05, 3.63) is 30.2 Å². The van der Waals surface area contributed by atoms with Crippen LogP contribution in [0.25, 0.3) is 11.5 Å². The fraction of sp³-hybridized carbons (Fsp3) is 0.467. The molecule has 1 aromatic heterocycles. The fourth-order valence-corrected chi connectivity index (χ4v) is 2.65. The first-order chi connectivity index (χ1) is 10.3. The van der Waals surface area contributed by atoms with Gasteiger partial charge in [-0.25, -0.2) is 0 Å². The van der Waals surface area contributed by atoms with Crippen molar-refractivity contribution >= 4 is 0 Å². The van der Waals surface area contributed by atoms with Crippen molar-refractivity contribution in [2.24, 2.45) is 0 Å². The van der Waals surface area contributed by atoms with Crippen LogP contribution in [0.15, 0.2) is 28.7 Å². The maximum atomic E-state index is 9.33. The number of hydrogen-bond acceptors (Lipinski definition) is 6. The smallest absolute Gasteiger partial charge is 0.247 e. The fourth-order valence-electron chi connectivity index (χ4n) is 2.65. The quantitative estimate of drug-likeness (QED) is 0.903. The summed E-state index contributed by atoms with van der Waals surface area (Å²) < 4.78 is 10.8. The van der Waals surface area contributed by atoms with E-state index in [9.17, 15) is 5.11 Å². The first-order valence-electron chi connectivity index (χ1n) is 7.12. The van der Waals surface area contributed by atoms with E-state index in [4.69, 9.17) is 9.15 Å². The zero-order chi connectivity index (χ0) is 14.7. The summed E-state index contributed by atoms with van der Waals surface area (Å²) in [5.74, 6) is 1.88. The molecular weight excluding hydrogens is 270 g/mol. The number of benzene rings is 1. The molecule has 0 unspecified atom stereocenters. The summed E-state index contributed by atoms with van der Waals surface area (Å²) in [5.41, 5.74) is 0.870.